The number of carboxylic acids is 1. The van der Waals surface area contributed by atoms with Gasteiger partial charge >= 0.3 is 12.1 Å². The molecule has 2 aliphatic carbocycles. The lowest BCUT2D eigenvalue weighted by molar-refractivity contribution is -0.144. The number of hydrogen-bond acceptors (Lipinski definition) is 4. The van der Waals surface area contributed by atoms with E-state index in [1.807, 2.05) is 31.2 Å². The summed E-state index contributed by atoms with van der Waals surface area (Å²) in [6.45, 7) is 4.07. The monoisotopic (exact) mass is 464 g/mol. The number of likely N-dealkylation sites (N-methyl/N-ethyl adjacent to an activating group) is 1. The highest BCUT2D eigenvalue weighted by atomic mass is 16.5. The molecular weight excluding hydrogens is 432 g/mol. The smallest absolute Gasteiger partial charge is 0.407 e. The van der Waals surface area contributed by atoms with E-state index in [2.05, 4.69) is 29.6 Å². The van der Waals surface area contributed by atoms with E-state index in [9.17, 15) is 19.5 Å². The average molecular weight is 465 g/mol. The zero-order chi connectivity index (χ0) is 24.2. The van der Waals surface area contributed by atoms with Crippen LogP contribution in [0.15, 0.2) is 48.5 Å². The third-order valence-electron chi connectivity index (χ3n) is 7.11. The lowest BCUT2D eigenvalue weighted by Crippen LogP contribution is -2.54. The fourth-order valence-corrected chi connectivity index (χ4v) is 4.90. The Morgan fingerprint density at radius 2 is 1.65 bits per heavy atom. The largest absolute Gasteiger partial charge is 0.481 e. The van der Waals surface area contributed by atoms with Gasteiger partial charge in [-0.15, -0.1) is 0 Å². The fourth-order valence-electron chi connectivity index (χ4n) is 4.90. The van der Waals surface area contributed by atoms with Crippen LogP contribution in [0.1, 0.15) is 50.2 Å². The summed E-state index contributed by atoms with van der Waals surface area (Å²) in [7, 11) is 0. The van der Waals surface area contributed by atoms with Gasteiger partial charge in [-0.2, -0.15) is 0 Å². The molecule has 7 nitrogen and oxygen atoms in total. The van der Waals surface area contributed by atoms with Crippen LogP contribution < -0.4 is 5.32 Å². The zero-order valence-corrected chi connectivity index (χ0v) is 19.7. The second-order valence-corrected chi connectivity index (χ2v) is 9.25. The molecule has 7 heteroatoms. The molecule has 180 valence electrons. The number of carbonyl (C=O) groups is 3. The SMILES string of the molecule is CCN(CC(C)C(=O)O)C(=O)C(NC(=O)OCC1c2ccccc2-c2ccccc21)C1CCC1. The average Bonchev–Trinajstić information content (AvgIpc) is 3.12. The van der Waals surface area contributed by atoms with E-state index in [0.29, 0.717) is 6.54 Å². The van der Waals surface area contributed by atoms with Crippen LogP contribution in [0, 0.1) is 11.8 Å². The number of aliphatic carboxylic acids is 1. The number of carbonyl (C=O) groups excluding carboxylic acids is 2. The normalized spacial score (nSPS) is 16.5. The Hall–Kier alpha value is -3.35. The summed E-state index contributed by atoms with van der Waals surface area (Å²) in [5.41, 5.74) is 4.56. The number of hydrogen-bond donors (Lipinski definition) is 2. The Labute approximate surface area is 200 Å². The molecule has 0 bridgehead atoms. The molecule has 2 aromatic rings. The number of carboxylic acid groups (broad SMARTS) is 1. The van der Waals surface area contributed by atoms with E-state index in [-0.39, 0.29) is 30.9 Å². The Morgan fingerprint density at radius 1 is 1.06 bits per heavy atom. The van der Waals surface area contributed by atoms with Gasteiger partial charge < -0.3 is 20.1 Å². The molecule has 1 fully saturated rings. The predicted molar refractivity (Wildman–Crippen MR) is 128 cm³/mol. The van der Waals surface area contributed by atoms with Gasteiger partial charge in [-0.1, -0.05) is 61.9 Å². The minimum atomic E-state index is -0.948. The van der Waals surface area contributed by atoms with Crippen LogP contribution in [0.5, 0.6) is 0 Å². The first-order valence-electron chi connectivity index (χ1n) is 12.0. The van der Waals surface area contributed by atoms with Crippen LogP contribution in [-0.2, 0) is 14.3 Å². The Kier molecular flexibility index (Phi) is 7.20. The first-order valence-corrected chi connectivity index (χ1v) is 12.0. The van der Waals surface area contributed by atoms with Crippen molar-refractivity contribution >= 4 is 18.0 Å². The van der Waals surface area contributed by atoms with Gasteiger partial charge in [-0.3, -0.25) is 9.59 Å². The van der Waals surface area contributed by atoms with E-state index in [1.165, 1.54) is 4.90 Å². The van der Waals surface area contributed by atoms with Gasteiger partial charge in [0.1, 0.15) is 12.6 Å². The van der Waals surface area contributed by atoms with Crippen LogP contribution in [0.25, 0.3) is 11.1 Å². The third-order valence-corrected chi connectivity index (χ3v) is 7.11. The van der Waals surface area contributed by atoms with Crippen molar-refractivity contribution in [3.8, 4) is 11.1 Å². The van der Waals surface area contributed by atoms with Gasteiger partial charge in [0.25, 0.3) is 0 Å². The molecule has 34 heavy (non-hydrogen) atoms. The molecule has 1 saturated carbocycles. The first-order chi connectivity index (χ1) is 16.4. The predicted octanol–water partition coefficient (Wildman–Crippen LogP) is 4.26. The van der Waals surface area contributed by atoms with E-state index < -0.39 is 24.0 Å². The second kappa shape index (κ2) is 10.3. The van der Waals surface area contributed by atoms with Crippen LogP contribution in [-0.4, -0.2) is 53.7 Å². The van der Waals surface area contributed by atoms with Crippen LogP contribution in [0.4, 0.5) is 4.79 Å². The minimum Gasteiger partial charge on any atom is -0.481 e. The van der Waals surface area contributed by atoms with Gasteiger partial charge in [0, 0.05) is 19.0 Å². The van der Waals surface area contributed by atoms with Crippen molar-refractivity contribution in [1.82, 2.24) is 10.2 Å². The summed E-state index contributed by atoms with van der Waals surface area (Å²) in [5, 5.41) is 12.1. The molecule has 0 heterocycles. The second-order valence-electron chi connectivity index (χ2n) is 9.25. The topological polar surface area (TPSA) is 95.9 Å². The number of fused-ring (bicyclic) bond motifs is 3. The summed E-state index contributed by atoms with van der Waals surface area (Å²) in [6.07, 6.45) is 2.10. The Balaban J connectivity index is 1.43. The molecule has 0 saturated heterocycles. The number of amides is 2. The van der Waals surface area contributed by atoms with E-state index >= 15 is 0 Å². The molecule has 2 unspecified atom stereocenters. The lowest BCUT2D eigenvalue weighted by atomic mass is 9.79. The lowest BCUT2D eigenvalue weighted by Gasteiger charge is -2.36. The standard InChI is InChI=1S/C27H32N2O5/c1-3-29(15-17(2)26(31)32)25(30)24(18-9-8-10-18)28-27(33)34-16-23-21-13-6-4-11-19(21)20-12-5-7-14-22(20)23/h4-7,11-14,17-18,23-24H,3,8-10,15-16H2,1-2H3,(H,28,33)(H,31,32). The summed E-state index contributed by atoms with van der Waals surface area (Å²) in [6, 6.07) is 15.6. The number of ether oxygens (including phenoxy) is 1. The maximum Gasteiger partial charge on any atom is 0.407 e. The summed E-state index contributed by atoms with van der Waals surface area (Å²) >= 11 is 0. The van der Waals surface area contributed by atoms with Crippen molar-refractivity contribution in [1.29, 1.82) is 0 Å². The molecule has 0 radical (unpaired) electrons. The number of rotatable bonds is 9. The fraction of sp³-hybridized carbons (Fsp3) is 0.444. The highest BCUT2D eigenvalue weighted by Gasteiger charge is 2.37. The van der Waals surface area contributed by atoms with Crippen molar-refractivity contribution in [2.45, 2.75) is 45.1 Å². The zero-order valence-electron chi connectivity index (χ0n) is 19.7. The van der Waals surface area contributed by atoms with Gasteiger partial charge in [0.15, 0.2) is 0 Å². The Bertz CT molecular complexity index is 1020. The molecule has 2 aliphatic rings. The van der Waals surface area contributed by atoms with Gasteiger partial charge in [0.05, 0.1) is 5.92 Å². The van der Waals surface area contributed by atoms with Crippen molar-refractivity contribution in [3.05, 3.63) is 59.7 Å². The maximum absolute atomic E-state index is 13.3. The number of alkyl carbamates (subject to hydrolysis) is 1. The summed E-state index contributed by atoms with van der Waals surface area (Å²) < 4.78 is 5.66. The number of benzene rings is 2. The summed E-state index contributed by atoms with van der Waals surface area (Å²) in [4.78, 5) is 38.9. The number of nitrogens with one attached hydrogen (secondary N) is 1. The molecule has 4 rings (SSSR count). The first kappa shape index (κ1) is 23.8. The molecular formula is C27H32N2O5. The van der Waals surface area contributed by atoms with Gasteiger partial charge in [0.2, 0.25) is 5.91 Å². The quantitative estimate of drug-likeness (QED) is 0.578. The van der Waals surface area contributed by atoms with Crippen LogP contribution >= 0.6 is 0 Å². The van der Waals surface area contributed by atoms with Gasteiger partial charge in [-0.25, -0.2) is 4.79 Å². The maximum atomic E-state index is 13.3. The molecule has 2 atom stereocenters. The highest BCUT2D eigenvalue weighted by molar-refractivity contribution is 5.86. The molecule has 0 aromatic heterocycles. The van der Waals surface area contributed by atoms with E-state index in [4.69, 9.17) is 4.74 Å². The summed E-state index contributed by atoms with van der Waals surface area (Å²) in [5.74, 6) is -1.88. The Morgan fingerprint density at radius 3 is 2.15 bits per heavy atom. The molecule has 2 aromatic carbocycles. The molecule has 2 N–H and O–H groups in total. The van der Waals surface area contributed by atoms with Crippen molar-refractivity contribution in [2.75, 3.05) is 19.7 Å². The molecule has 0 aliphatic heterocycles. The van der Waals surface area contributed by atoms with E-state index in [1.54, 1.807) is 6.92 Å². The van der Waals surface area contributed by atoms with Crippen LogP contribution in [0.3, 0.4) is 0 Å². The van der Waals surface area contributed by atoms with E-state index in [0.717, 1.165) is 41.5 Å². The third kappa shape index (κ3) is 4.79. The van der Waals surface area contributed by atoms with Crippen LogP contribution in [0.2, 0.25) is 0 Å². The molecule has 0 spiro atoms. The van der Waals surface area contributed by atoms with Crippen molar-refractivity contribution in [2.24, 2.45) is 11.8 Å². The number of nitrogens with zero attached hydrogens (tertiary/aromatic N) is 1. The minimum absolute atomic E-state index is 0.0437. The molecule has 2 amide bonds. The highest BCUT2D eigenvalue weighted by Crippen LogP contribution is 2.44. The van der Waals surface area contributed by atoms with Gasteiger partial charge in [-0.05, 0) is 47.9 Å². The van der Waals surface area contributed by atoms with Crippen molar-refractivity contribution < 1.29 is 24.2 Å². The van der Waals surface area contributed by atoms with Crippen molar-refractivity contribution in [3.63, 3.8) is 0 Å².